The van der Waals surface area contributed by atoms with Gasteiger partial charge in [-0.2, -0.15) is 0 Å². The number of aliphatic hydroxyl groups excluding tert-OH is 1. The highest BCUT2D eigenvalue weighted by atomic mass is 19.1. The lowest BCUT2D eigenvalue weighted by atomic mass is 10.4. The van der Waals surface area contributed by atoms with Crippen LogP contribution in [0.4, 0.5) is 10.2 Å². The fourth-order valence-electron chi connectivity index (χ4n) is 0.754. The lowest BCUT2D eigenvalue weighted by Crippen LogP contribution is -2.15. The number of hydrogen-bond acceptors (Lipinski definition) is 3. The molecule has 0 aliphatic rings. The van der Waals surface area contributed by atoms with E-state index in [4.69, 9.17) is 5.11 Å². The zero-order valence-corrected chi connectivity index (χ0v) is 6.79. The second-order valence-corrected chi connectivity index (χ2v) is 2.59. The van der Waals surface area contributed by atoms with Gasteiger partial charge in [0.05, 0.1) is 6.10 Å². The molecule has 1 aromatic heterocycles. The van der Waals surface area contributed by atoms with Gasteiger partial charge in [-0.25, -0.2) is 9.37 Å². The topological polar surface area (TPSA) is 45.1 Å². The van der Waals surface area contributed by atoms with E-state index in [1.54, 1.807) is 6.92 Å². The van der Waals surface area contributed by atoms with Gasteiger partial charge in [-0.1, -0.05) is 0 Å². The van der Waals surface area contributed by atoms with Crippen LogP contribution in [-0.2, 0) is 0 Å². The first-order valence-electron chi connectivity index (χ1n) is 3.72. The monoisotopic (exact) mass is 170 g/mol. The van der Waals surface area contributed by atoms with E-state index in [2.05, 4.69) is 10.3 Å². The van der Waals surface area contributed by atoms with Crippen LogP contribution in [0.5, 0.6) is 0 Å². The Balaban J connectivity index is 2.52. The van der Waals surface area contributed by atoms with E-state index in [9.17, 15) is 4.39 Å². The average Bonchev–Trinajstić information content (AvgIpc) is 2.01. The van der Waals surface area contributed by atoms with Gasteiger partial charge in [0.2, 0.25) is 0 Å². The maximum absolute atomic E-state index is 12.5. The Morgan fingerprint density at radius 2 is 2.50 bits per heavy atom. The van der Waals surface area contributed by atoms with Gasteiger partial charge in [-0.15, -0.1) is 0 Å². The zero-order valence-electron chi connectivity index (χ0n) is 6.79. The maximum Gasteiger partial charge on any atom is 0.128 e. The summed E-state index contributed by atoms with van der Waals surface area (Å²) in [5.41, 5.74) is 0. The molecule has 0 saturated heterocycles. The molecule has 12 heavy (non-hydrogen) atoms. The molecule has 0 amide bonds. The summed E-state index contributed by atoms with van der Waals surface area (Å²) in [6.45, 7) is 2.02. The Bertz CT molecular complexity index is 253. The van der Waals surface area contributed by atoms with Gasteiger partial charge >= 0.3 is 0 Å². The quantitative estimate of drug-likeness (QED) is 0.711. The first-order valence-corrected chi connectivity index (χ1v) is 3.72. The van der Waals surface area contributed by atoms with Crippen molar-refractivity contribution in [3.63, 3.8) is 0 Å². The minimum atomic E-state index is -0.463. The molecule has 66 valence electrons. The molecule has 0 aliphatic carbocycles. The van der Waals surface area contributed by atoms with Gasteiger partial charge in [0.15, 0.2) is 0 Å². The highest BCUT2D eigenvalue weighted by Crippen LogP contribution is 2.04. The summed E-state index contributed by atoms with van der Waals surface area (Å²) in [5, 5.41) is 11.7. The van der Waals surface area contributed by atoms with Crippen molar-refractivity contribution in [2.75, 3.05) is 11.9 Å². The van der Waals surface area contributed by atoms with Gasteiger partial charge < -0.3 is 10.4 Å². The summed E-state index contributed by atoms with van der Waals surface area (Å²) in [7, 11) is 0. The molecule has 1 heterocycles. The fraction of sp³-hybridized carbons (Fsp3) is 0.375. The van der Waals surface area contributed by atoms with Crippen LogP contribution in [0.15, 0.2) is 18.3 Å². The molecule has 1 unspecified atom stereocenters. The van der Waals surface area contributed by atoms with Crippen LogP contribution in [0.3, 0.4) is 0 Å². The highest BCUT2D eigenvalue weighted by molar-refractivity contribution is 5.33. The van der Waals surface area contributed by atoms with E-state index in [-0.39, 0.29) is 5.82 Å². The van der Waals surface area contributed by atoms with Crippen molar-refractivity contribution in [3.8, 4) is 0 Å². The van der Waals surface area contributed by atoms with Crippen LogP contribution in [0, 0.1) is 5.82 Å². The SMILES string of the molecule is CC(O)CNc1cc(F)ccn1. The van der Waals surface area contributed by atoms with E-state index < -0.39 is 6.10 Å². The molecule has 4 heteroatoms. The molecule has 0 aliphatic heterocycles. The molecule has 0 aromatic carbocycles. The second kappa shape index (κ2) is 4.01. The van der Waals surface area contributed by atoms with Crippen LogP contribution in [-0.4, -0.2) is 22.7 Å². The van der Waals surface area contributed by atoms with Crippen LogP contribution in [0.2, 0.25) is 0 Å². The first kappa shape index (κ1) is 8.93. The average molecular weight is 170 g/mol. The van der Waals surface area contributed by atoms with Crippen LogP contribution >= 0.6 is 0 Å². The predicted octanol–water partition coefficient (Wildman–Crippen LogP) is 1.01. The smallest absolute Gasteiger partial charge is 0.128 e. The third kappa shape index (κ3) is 2.84. The van der Waals surface area contributed by atoms with Crippen molar-refractivity contribution in [1.29, 1.82) is 0 Å². The lowest BCUT2D eigenvalue weighted by Gasteiger charge is -2.06. The van der Waals surface area contributed by atoms with Crippen LogP contribution < -0.4 is 5.32 Å². The number of nitrogens with one attached hydrogen (secondary N) is 1. The molecule has 0 radical (unpaired) electrons. The molecule has 0 bridgehead atoms. The Kier molecular flexibility index (Phi) is 2.99. The zero-order chi connectivity index (χ0) is 8.97. The van der Waals surface area contributed by atoms with Crippen molar-refractivity contribution in [1.82, 2.24) is 4.98 Å². The third-order valence-electron chi connectivity index (χ3n) is 1.30. The number of anilines is 1. The van der Waals surface area contributed by atoms with Gasteiger partial charge in [0.1, 0.15) is 11.6 Å². The van der Waals surface area contributed by atoms with Crippen molar-refractivity contribution in [2.45, 2.75) is 13.0 Å². The fourth-order valence-corrected chi connectivity index (χ4v) is 0.754. The number of halogens is 1. The summed E-state index contributed by atoms with van der Waals surface area (Å²) in [6, 6.07) is 2.55. The summed E-state index contributed by atoms with van der Waals surface area (Å²) >= 11 is 0. The summed E-state index contributed by atoms with van der Waals surface area (Å²) < 4.78 is 12.5. The molecule has 3 nitrogen and oxygen atoms in total. The Labute approximate surface area is 70.3 Å². The maximum atomic E-state index is 12.5. The Morgan fingerprint density at radius 3 is 3.08 bits per heavy atom. The van der Waals surface area contributed by atoms with Crippen LogP contribution in [0.1, 0.15) is 6.92 Å². The van der Waals surface area contributed by atoms with E-state index in [1.807, 2.05) is 0 Å². The minimum absolute atomic E-state index is 0.335. The van der Waals surface area contributed by atoms with E-state index in [0.29, 0.717) is 12.4 Å². The van der Waals surface area contributed by atoms with Gasteiger partial charge in [-0.05, 0) is 13.0 Å². The first-order chi connectivity index (χ1) is 5.68. The molecule has 0 fully saturated rings. The van der Waals surface area contributed by atoms with Gasteiger partial charge in [0, 0.05) is 18.8 Å². The molecule has 1 atom stereocenters. The minimum Gasteiger partial charge on any atom is -0.392 e. The van der Waals surface area contributed by atoms with Crippen molar-refractivity contribution >= 4 is 5.82 Å². The van der Waals surface area contributed by atoms with Crippen LogP contribution in [0.25, 0.3) is 0 Å². The lowest BCUT2D eigenvalue weighted by molar-refractivity contribution is 0.208. The number of aromatic nitrogens is 1. The predicted molar refractivity (Wildman–Crippen MR) is 44.4 cm³/mol. The van der Waals surface area contributed by atoms with E-state index >= 15 is 0 Å². The summed E-state index contributed by atoms with van der Waals surface area (Å²) in [5.74, 6) is 0.106. The molecule has 0 spiro atoms. The van der Waals surface area contributed by atoms with Crippen molar-refractivity contribution < 1.29 is 9.50 Å². The summed E-state index contributed by atoms with van der Waals surface area (Å²) in [4.78, 5) is 3.85. The Hall–Kier alpha value is -1.16. The van der Waals surface area contributed by atoms with E-state index in [0.717, 1.165) is 0 Å². The number of hydrogen-bond donors (Lipinski definition) is 2. The molecular weight excluding hydrogens is 159 g/mol. The standard InChI is InChI=1S/C8H11FN2O/c1-6(12)5-11-8-4-7(9)2-3-10-8/h2-4,6,12H,5H2,1H3,(H,10,11). The van der Waals surface area contributed by atoms with Gasteiger partial charge in [0.25, 0.3) is 0 Å². The number of nitrogens with zero attached hydrogens (tertiary/aromatic N) is 1. The van der Waals surface area contributed by atoms with Crippen molar-refractivity contribution in [3.05, 3.63) is 24.1 Å². The number of aliphatic hydroxyl groups is 1. The molecule has 0 saturated carbocycles. The highest BCUT2D eigenvalue weighted by Gasteiger charge is 1.97. The molecule has 1 rings (SSSR count). The third-order valence-corrected chi connectivity index (χ3v) is 1.30. The number of rotatable bonds is 3. The Morgan fingerprint density at radius 1 is 1.75 bits per heavy atom. The number of pyridine rings is 1. The molecule has 2 N–H and O–H groups in total. The van der Waals surface area contributed by atoms with Gasteiger partial charge in [-0.3, -0.25) is 0 Å². The molecule has 1 aromatic rings. The van der Waals surface area contributed by atoms with E-state index in [1.165, 1.54) is 18.3 Å². The second-order valence-electron chi connectivity index (χ2n) is 2.59. The molecular formula is C8H11FN2O. The summed E-state index contributed by atoms with van der Waals surface area (Å²) in [6.07, 6.45) is 0.912. The largest absolute Gasteiger partial charge is 0.392 e. The van der Waals surface area contributed by atoms with Crippen molar-refractivity contribution in [2.24, 2.45) is 0 Å². The normalized spacial score (nSPS) is 12.6.